The van der Waals surface area contributed by atoms with Gasteiger partial charge >= 0.3 is 5.97 Å². The third-order valence-electron chi connectivity index (χ3n) is 4.32. The number of hydrogen-bond donors (Lipinski definition) is 2. The number of carboxylic acids is 1. The fourth-order valence-corrected chi connectivity index (χ4v) is 4.02. The molecule has 3 rings (SSSR count). The van der Waals surface area contributed by atoms with Crippen molar-refractivity contribution in [3.8, 4) is 0 Å². The van der Waals surface area contributed by atoms with Crippen LogP contribution in [0.3, 0.4) is 0 Å². The van der Waals surface area contributed by atoms with E-state index in [1.54, 1.807) is 13.0 Å². The molecule has 1 amide bonds. The quantitative estimate of drug-likeness (QED) is 0.776. The number of carbonyl (C=O) groups excluding carboxylic acids is 1. The highest BCUT2D eigenvalue weighted by Gasteiger charge is 2.34. The van der Waals surface area contributed by atoms with Gasteiger partial charge in [0.1, 0.15) is 0 Å². The minimum Gasteiger partial charge on any atom is -0.480 e. The Morgan fingerprint density at radius 2 is 2.04 bits per heavy atom. The van der Waals surface area contributed by atoms with Crippen LogP contribution in [0.1, 0.15) is 28.8 Å². The first-order chi connectivity index (χ1) is 11.8. The average Bonchev–Trinajstić information content (AvgIpc) is 3.37. The number of sulfonamides is 1. The molecule has 1 heterocycles. The van der Waals surface area contributed by atoms with Crippen LogP contribution in [0.25, 0.3) is 0 Å². The Bertz CT molecular complexity index is 803. The van der Waals surface area contributed by atoms with Gasteiger partial charge in [-0.25, -0.2) is 17.9 Å². The second-order valence-electron chi connectivity index (χ2n) is 6.30. The van der Waals surface area contributed by atoms with Crippen LogP contribution in [-0.4, -0.2) is 62.1 Å². The Kier molecular flexibility index (Phi) is 4.81. The number of aliphatic carboxylic acids is 1. The number of carboxylic acid groups (broad SMARTS) is 1. The molecule has 8 nitrogen and oxygen atoms in total. The minimum atomic E-state index is -3.69. The van der Waals surface area contributed by atoms with Gasteiger partial charge in [-0.05, 0) is 37.5 Å². The number of nitrogens with one attached hydrogen (secondary N) is 1. The summed E-state index contributed by atoms with van der Waals surface area (Å²) in [4.78, 5) is 25.4. The monoisotopic (exact) mass is 368 g/mol. The van der Waals surface area contributed by atoms with Crippen LogP contribution in [0, 0.1) is 6.92 Å². The summed E-state index contributed by atoms with van der Waals surface area (Å²) in [6, 6.07) is 3.21. The number of amides is 1. The van der Waals surface area contributed by atoms with E-state index in [-0.39, 0.29) is 36.3 Å². The van der Waals surface area contributed by atoms with E-state index in [9.17, 15) is 23.1 Å². The lowest BCUT2D eigenvalue weighted by Gasteiger charge is -2.33. The van der Waals surface area contributed by atoms with Gasteiger partial charge in [0.25, 0.3) is 5.91 Å². The summed E-state index contributed by atoms with van der Waals surface area (Å²) < 4.78 is 32.4. The molecule has 1 atom stereocenters. The van der Waals surface area contributed by atoms with Crippen LogP contribution in [0.2, 0.25) is 0 Å². The van der Waals surface area contributed by atoms with Crippen molar-refractivity contribution in [3.05, 3.63) is 29.3 Å². The van der Waals surface area contributed by atoms with E-state index in [0.717, 1.165) is 12.8 Å². The van der Waals surface area contributed by atoms with Gasteiger partial charge in [-0.1, -0.05) is 6.07 Å². The zero-order chi connectivity index (χ0) is 18.2. The predicted molar refractivity (Wildman–Crippen MR) is 87.8 cm³/mol. The van der Waals surface area contributed by atoms with E-state index in [2.05, 4.69) is 4.72 Å². The standard InChI is InChI=1S/C16H20N2O6S/c1-10-2-5-12(25(22,23)17-11-3-4-11)8-13(10)15(19)18-6-7-24-9-14(18)16(20)21/h2,5,8,11,14,17H,3-4,6-7,9H2,1H3,(H,20,21). The van der Waals surface area contributed by atoms with Crippen LogP contribution in [0.4, 0.5) is 0 Å². The third-order valence-corrected chi connectivity index (χ3v) is 5.84. The molecule has 1 saturated heterocycles. The normalized spacial score (nSPS) is 21.2. The van der Waals surface area contributed by atoms with Gasteiger partial charge in [-0.2, -0.15) is 0 Å². The topological polar surface area (TPSA) is 113 Å². The van der Waals surface area contributed by atoms with Crippen LogP contribution in [0.15, 0.2) is 23.1 Å². The fourth-order valence-electron chi connectivity index (χ4n) is 2.69. The van der Waals surface area contributed by atoms with E-state index in [4.69, 9.17) is 4.74 Å². The number of aryl methyl sites for hydroxylation is 1. The molecule has 1 aromatic rings. The first kappa shape index (κ1) is 17.8. The summed E-state index contributed by atoms with van der Waals surface area (Å²) >= 11 is 0. The Balaban J connectivity index is 1.91. The maximum absolute atomic E-state index is 12.8. The SMILES string of the molecule is Cc1ccc(S(=O)(=O)NC2CC2)cc1C(=O)N1CCOCC1C(=O)O. The number of morpholine rings is 1. The molecule has 2 aliphatic rings. The van der Waals surface area contributed by atoms with Crippen LogP contribution < -0.4 is 4.72 Å². The van der Waals surface area contributed by atoms with Gasteiger partial charge in [-0.3, -0.25) is 4.79 Å². The van der Waals surface area contributed by atoms with Crippen molar-refractivity contribution in [3.63, 3.8) is 0 Å². The van der Waals surface area contributed by atoms with Crippen molar-refractivity contribution in [2.75, 3.05) is 19.8 Å². The summed E-state index contributed by atoms with van der Waals surface area (Å²) in [7, 11) is -3.69. The Hall–Kier alpha value is -1.97. The van der Waals surface area contributed by atoms with E-state index in [1.807, 2.05) is 0 Å². The molecular formula is C16H20N2O6S. The maximum Gasteiger partial charge on any atom is 0.328 e. The van der Waals surface area contributed by atoms with Crippen molar-refractivity contribution < 1.29 is 27.9 Å². The summed E-state index contributed by atoms with van der Waals surface area (Å²) in [6.07, 6.45) is 1.62. The molecule has 9 heteroatoms. The number of ether oxygens (including phenoxy) is 1. The lowest BCUT2D eigenvalue weighted by Crippen LogP contribution is -2.52. The van der Waals surface area contributed by atoms with E-state index >= 15 is 0 Å². The van der Waals surface area contributed by atoms with Crippen molar-refractivity contribution in [2.45, 2.75) is 36.7 Å². The smallest absolute Gasteiger partial charge is 0.328 e. The second kappa shape index (κ2) is 6.74. The number of rotatable bonds is 5. The van der Waals surface area contributed by atoms with E-state index in [1.165, 1.54) is 17.0 Å². The van der Waals surface area contributed by atoms with Crippen molar-refractivity contribution in [2.24, 2.45) is 0 Å². The van der Waals surface area contributed by atoms with Crippen LogP contribution in [0.5, 0.6) is 0 Å². The van der Waals surface area contributed by atoms with Crippen molar-refractivity contribution >= 4 is 21.9 Å². The van der Waals surface area contributed by atoms with Crippen molar-refractivity contribution in [1.29, 1.82) is 0 Å². The molecule has 0 bridgehead atoms. The minimum absolute atomic E-state index is 0.00786. The van der Waals surface area contributed by atoms with Gasteiger partial charge in [-0.15, -0.1) is 0 Å². The molecule has 1 aliphatic heterocycles. The van der Waals surface area contributed by atoms with Gasteiger partial charge in [0.2, 0.25) is 10.0 Å². The molecule has 0 radical (unpaired) electrons. The predicted octanol–water partition coefficient (Wildman–Crippen LogP) is 0.361. The average molecular weight is 368 g/mol. The molecular weight excluding hydrogens is 348 g/mol. The number of benzene rings is 1. The summed E-state index contributed by atoms with van der Waals surface area (Å²) in [6.45, 7) is 2.00. The first-order valence-corrected chi connectivity index (χ1v) is 9.52. The summed E-state index contributed by atoms with van der Waals surface area (Å²) in [5.41, 5.74) is 0.776. The highest BCUT2D eigenvalue weighted by molar-refractivity contribution is 7.89. The molecule has 2 fully saturated rings. The van der Waals surface area contributed by atoms with Gasteiger partial charge in [0, 0.05) is 18.2 Å². The zero-order valence-electron chi connectivity index (χ0n) is 13.8. The Morgan fingerprint density at radius 1 is 1.32 bits per heavy atom. The van der Waals surface area contributed by atoms with Crippen molar-refractivity contribution in [1.82, 2.24) is 9.62 Å². The molecule has 1 saturated carbocycles. The maximum atomic E-state index is 12.8. The zero-order valence-corrected chi connectivity index (χ0v) is 14.6. The van der Waals surface area contributed by atoms with E-state index in [0.29, 0.717) is 5.56 Å². The lowest BCUT2D eigenvalue weighted by atomic mass is 10.1. The summed E-state index contributed by atoms with van der Waals surface area (Å²) in [5, 5.41) is 9.28. The molecule has 1 unspecified atom stereocenters. The van der Waals surface area contributed by atoms with E-state index < -0.39 is 27.9 Å². The van der Waals surface area contributed by atoms with Crippen LogP contribution >= 0.6 is 0 Å². The highest BCUT2D eigenvalue weighted by Crippen LogP contribution is 2.24. The van der Waals surface area contributed by atoms with Gasteiger partial charge in [0.05, 0.1) is 18.1 Å². The van der Waals surface area contributed by atoms with Gasteiger partial charge in [0.15, 0.2) is 6.04 Å². The Labute approximate surface area is 145 Å². The number of carbonyl (C=O) groups is 2. The number of hydrogen-bond acceptors (Lipinski definition) is 5. The lowest BCUT2D eigenvalue weighted by molar-refractivity contribution is -0.147. The molecule has 0 aromatic heterocycles. The molecule has 2 N–H and O–H groups in total. The molecule has 1 aliphatic carbocycles. The number of nitrogens with zero attached hydrogens (tertiary/aromatic N) is 1. The highest BCUT2D eigenvalue weighted by atomic mass is 32.2. The van der Waals surface area contributed by atoms with Crippen LogP contribution in [-0.2, 0) is 19.6 Å². The second-order valence-corrected chi connectivity index (χ2v) is 8.01. The molecule has 136 valence electrons. The third kappa shape index (κ3) is 3.83. The molecule has 25 heavy (non-hydrogen) atoms. The van der Waals surface area contributed by atoms with Gasteiger partial charge < -0.3 is 14.7 Å². The first-order valence-electron chi connectivity index (χ1n) is 8.04. The summed E-state index contributed by atoms with van der Waals surface area (Å²) in [5.74, 6) is -1.65. The molecule has 0 spiro atoms. The Morgan fingerprint density at radius 3 is 2.68 bits per heavy atom. The molecule has 1 aromatic carbocycles. The largest absolute Gasteiger partial charge is 0.480 e. The fraction of sp³-hybridized carbons (Fsp3) is 0.500.